The Bertz CT molecular complexity index is 213. The van der Waals surface area contributed by atoms with E-state index in [2.05, 4.69) is 0 Å². The van der Waals surface area contributed by atoms with Gasteiger partial charge in [0, 0.05) is 6.04 Å². The van der Waals surface area contributed by atoms with Gasteiger partial charge in [-0.2, -0.15) is 0 Å². The van der Waals surface area contributed by atoms with Crippen LogP contribution in [0, 0.1) is 5.92 Å². The maximum Gasteiger partial charge on any atom is 0.313 e. The molecule has 0 bridgehead atoms. The minimum atomic E-state index is -0.140. The first kappa shape index (κ1) is 10.3. The van der Waals surface area contributed by atoms with Crippen LogP contribution in [0.3, 0.4) is 0 Å². The highest BCUT2D eigenvalue weighted by molar-refractivity contribution is 5.75. The van der Waals surface area contributed by atoms with E-state index in [9.17, 15) is 4.79 Å². The lowest BCUT2D eigenvalue weighted by Gasteiger charge is -2.14. The molecule has 74 valence electrons. The average molecular weight is 183 g/mol. The van der Waals surface area contributed by atoms with Gasteiger partial charge in [-0.15, -0.1) is 0 Å². The van der Waals surface area contributed by atoms with Crippen LogP contribution in [0.15, 0.2) is 12.2 Å². The van der Waals surface area contributed by atoms with Crippen LogP contribution in [0.2, 0.25) is 0 Å². The summed E-state index contributed by atoms with van der Waals surface area (Å²) in [5.41, 5.74) is 5.63. The van der Waals surface area contributed by atoms with Crippen molar-refractivity contribution >= 4 is 5.97 Å². The molecule has 1 aliphatic rings. The molecule has 0 aliphatic heterocycles. The second-order valence-corrected chi connectivity index (χ2v) is 3.55. The molecule has 13 heavy (non-hydrogen) atoms. The average Bonchev–Trinajstić information content (AvgIpc) is 2.51. The summed E-state index contributed by atoms with van der Waals surface area (Å²) >= 11 is 0. The third-order valence-electron chi connectivity index (χ3n) is 2.31. The van der Waals surface area contributed by atoms with Crippen LogP contribution in [0.1, 0.15) is 26.7 Å². The van der Waals surface area contributed by atoms with Crippen molar-refractivity contribution in [3.8, 4) is 0 Å². The van der Waals surface area contributed by atoms with Crippen LogP contribution in [-0.2, 0) is 9.53 Å². The molecule has 3 heteroatoms. The number of nitrogens with two attached hydrogens (primary N) is 1. The number of ether oxygens (including phenoxy) is 1. The second kappa shape index (κ2) is 4.42. The van der Waals surface area contributed by atoms with Gasteiger partial charge in [-0.05, 0) is 19.8 Å². The minimum Gasteiger partial charge on any atom is -0.462 e. The van der Waals surface area contributed by atoms with Crippen molar-refractivity contribution < 1.29 is 9.53 Å². The predicted molar refractivity (Wildman–Crippen MR) is 51.1 cm³/mol. The number of carbonyl (C=O) groups is 1. The van der Waals surface area contributed by atoms with Crippen LogP contribution in [0.5, 0.6) is 0 Å². The van der Waals surface area contributed by atoms with Crippen molar-refractivity contribution in [3.63, 3.8) is 0 Å². The van der Waals surface area contributed by atoms with Crippen LogP contribution < -0.4 is 5.73 Å². The van der Waals surface area contributed by atoms with Gasteiger partial charge in [-0.3, -0.25) is 4.79 Å². The van der Waals surface area contributed by atoms with Crippen LogP contribution in [-0.4, -0.2) is 18.1 Å². The molecule has 3 atom stereocenters. The van der Waals surface area contributed by atoms with Gasteiger partial charge >= 0.3 is 5.97 Å². The molecule has 0 amide bonds. The number of rotatable bonds is 3. The molecular formula is C10H17NO2. The molecule has 0 heterocycles. The first-order valence-electron chi connectivity index (χ1n) is 4.78. The normalized spacial score (nSPS) is 28.8. The van der Waals surface area contributed by atoms with Gasteiger partial charge < -0.3 is 10.5 Å². The molecule has 0 radical (unpaired) electrons. The van der Waals surface area contributed by atoms with Crippen molar-refractivity contribution in [1.29, 1.82) is 0 Å². The molecule has 0 aromatic heterocycles. The maximum absolute atomic E-state index is 11.4. The van der Waals surface area contributed by atoms with E-state index < -0.39 is 0 Å². The summed E-state index contributed by atoms with van der Waals surface area (Å²) < 4.78 is 5.19. The number of hydrogen-bond donors (Lipinski definition) is 1. The monoisotopic (exact) mass is 183 g/mol. The van der Waals surface area contributed by atoms with E-state index in [0.717, 1.165) is 6.42 Å². The summed E-state index contributed by atoms with van der Waals surface area (Å²) in [5, 5.41) is 0. The standard InChI is InChI=1S/C10H17NO2/c1-3-7(2)13-10(12)8-4-5-9(11)6-8/h4-5,7-9H,3,6,11H2,1-2H3/t7?,8-,9+/m1/s1. The zero-order chi connectivity index (χ0) is 9.84. The van der Waals surface area contributed by atoms with E-state index in [1.165, 1.54) is 0 Å². The largest absolute Gasteiger partial charge is 0.462 e. The summed E-state index contributed by atoms with van der Waals surface area (Å²) in [6.45, 7) is 3.89. The Morgan fingerprint density at radius 3 is 2.85 bits per heavy atom. The second-order valence-electron chi connectivity index (χ2n) is 3.55. The first-order chi connectivity index (χ1) is 6.13. The molecule has 1 rings (SSSR count). The SMILES string of the molecule is CCC(C)OC(=O)[C@@H]1C=C[C@H](N)C1. The van der Waals surface area contributed by atoms with Crippen molar-refractivity contribution in [1.82, 2.24) is 0 Å². The number of esters is 1. The third-order valence-corrected chi connectivity index (χ3v) is 2.31. The lowest BCUT2D eigenvalue weighted by Crippen LogP contribution is -2.23. The molecule has 0 aromatic rings. The fourth-order valence-electron chi connectivity index (χ4n) is 1.27. The molecule has 0 saturated carbocycles. The van der Waals surface area contributed by atoms with Crippen LogP contribution in [0.4, 0.5) is 0 Å². The Morgan fingerprint density at radius 1 is 1.69 bits per heavy atom. The van der Waals surface area contributed by atoms with E-state index in [1.807, 2.05) is 26.0 Å². The molecule has 0 fully saturated rings. The van der Waals surface area contributed by atoms with E-state index in [0.29, 0.717) is 6.42 Å². The molecular weight excluding hydrogens is 166 g/mol. The van der Waals surface area contributed by atoms with E-state index in [4.69, 9.17) is 10.5 Å². The highest BCUT2D eigenvalue weighted by atomic mass is 16.5. The maximum atomic E-state index is 11.4. The lowest BCUT2D eigenvalue weighted by molar-refractivity contribution is -0.151. The summed E-state index contributed by atoms with van der Waals surface area (Å²) in [7, 11) is 0. The Kier molecular flexibility index (Phi) is 3.48. The topological polar surface area (TPSA) is 52.3 Å². The Balaban J connectivity index is 2.37. The number of hydrogen-bond acceptors (Lipinski definition) is 3. The molecule has 0 saturated heterocycles. The van der Waals surface area contributed by atoms with Gasteiger partial charge in [-0.25, -0.2) is 0 Å². The first-order valence-corrected chi connectivity index (χ1v) is 4.78. The van der Waals surface area contributed by atoms with Crippen LogP contribution >= 0.6 is 0 Å². The zero-order valence-corrected chi connectivity index (χ0v) is 8.19. The van der Waals surface area contributed by atoms with Gasteiger partial charge in [0.15, 0.2) is 0 Å². The van der Waals surface area contributed by atoms with Gasteiger partial charge in [-0.1, -0.05) is 19.1 Å². The van der Waals surface area contributed by atoms with Crippen LogP contribution in [0.25, 0.3) is 0 Å². The number of carbonyl (C=O) groups excluding carboxylic acids is 1. The van der Waals surface area contributed by atoms with E-state index in [-0.39, 0.29) is 24.0 Å². The fraction of sp³-hybridized carbons (Fsp3) is 0.700. The summed E-state index contributed by atoms with van der Waals surface area (Å²) in [5.74, 6) is -0.262. The zero-order valence-electron chi connectivity index (χ0n) is 8.19. The molecule has 0 aromatic carbocycles. The molecule has 0 spiro atoms. The molecule has 3 nitrogen and oxygen atoms in total. The minimum absolute atomic E-state index is 0.0118. The highest BCUT2D eigenvalue weighted by Crippen LogP contribution is 2.18. The summed E-state index contributed by atoms with van der Waals surface area (Å²) in [6.07, 6.45) is 5.26. The Labute approximate surface area is 78.9 Å². The third kappa shape index (κ3) is 2.84. The summed E-state index contributed by atoms with van der Waals surface area (Å²) in [6, 6.07) is 0.0227. The van der Waals surface area contributed by atoms with Gasteiger partial charge in [0.25, 0.3) is 0 Å². The van der Waals surface area contributed by atoms with Crippen molar-refractivity contribution in [3.05, 3.63) is 12.2 Å². The van der Waals surface area contributed by atoms with Crippen molar-refractivity contribution in [2.75, 3.05) is 0 Å². The molecule has 1 aliphatic carbocycles. The van der Waals surface area contributed by atoms with Gasteiger partial charge in [0.1, 0.15) is 0 Å². The van der Waals surface area contributed by atoms with Gasteiger partial charge in [0.05, 0.1) is 12.0 Å². The molecule has 1 unspecified atom stereocenters. The van der Waals surface area contributed by atoms with Crippen molar-refractivity contribution in [2.45, 2.75) is 38.8 Å². The Hall–Kier alpha value is -0.830. The van der Waals surface area contributed by atoms with Gasteiger partial charge in [0.2, 0.25) is 0 Å². The summed E-state index contributed by atoms with van der Waals surface area (Å²) in [4.78, 5) is 11.4. The quantitative estimate of drug-likeness (QED) is 0.529. The van der Waals surface area contributed by atoms with E-state index >= 15 is 0 Å². The predicted octanol–water partition coefficient (Wildman–Crippen LogP) is 1.23. The highest BCUT2D eigenvalue weighted by Gasteiger charge is 2.24. The van der Waals surface area contributed by atoms with E-state index in [1.54, 1.807) is 0 Å². The smallest absolute Gasteiger partial charge is 0.313 e. The lowest BCUT2D eigenvalue weighted by atomic mass is 10.1. The Morgan fingerprint density at radius 2 is 2.38 bits per heavy atom. The fourth-order valence-corrected chi connectivity index (χ4v) is 1.27. The molecule has 2 N–H and O–H groups in total. The van der Waals surface area contributed by atoms with Crippen molar-refractivity contribution in [2.24, 2.45) is 11.7 Å².